The van der Waals surface area contributed by atoms with Gasteiger partial charge in [0, 0.05) is 29.9 Å². The number of hydrogen-bond donors (Lipinski definition) is 4. The highest BCUT2D eigenvalue weighted by molar-refractivity contribution is 6.05. The van der Waals surface area contributed by atoms with E-state index < -0.39 is 17.9 Å². The summed E-state index contributed by atoms with van der Waals surface area (Å²) in [5.41, 5.74) is 14.7. The van der Waals surface area contributed by atoms with Crippen LogP contribution in [-0.2, 0) is 17.8 Å². The van der Waals surface area contributed by atoms with Crippen LogP contribution in [0.15, 0.2) is 47.5 Å². The molecule has 1 atom stereocenters. The number of benzene rings is 2. The maximum absolute atomic E-state index is 12.5. The third kappa shape index (κ3) is 6.69. The fourth-order valence-electron chi connectivity index (χ4n) is 3.79. The number of piperidine rings is 1. The zero-order valence-corrected chi connectivity index (χ0v) is 18.8. The number of nitrogens with zero attached hydrogens (tertiary/aromatic N) is 2. The normalized spacial score (nSPS) is 15.1. The molecule has 6 N–H and O–H groups in total. The maximum atomic E-state index is 12.5. The first kappa shape index (κ1) is 24.1. The number of hydrogen-bond acceptors (Lipinski definition) is 6. The van der Waals surface area contributed by atoms with E-state index in [0.717, 1.165) is 48.5 Å². The number of rotatable bonds is 8. The molecular formula is C24H31N5O4. The quantitative estimate of drug-likeness (QED) is 0.353. The molecule has 2 aromatic carbocycles. The Kier molecular flexibility index (Phi) is 8.26. The van der Waals surface area contributed by atoms with Gasteiger partial charge in [-0.25, -0.2) is 4.99 Å². The highest BCUT2D eigenvalue weighted by Gasteiger charge is 2.16. The number of methoxy groups -OCH3 is 1. The highest BCUT2D eigenvalue weighted by Crippen LogP contribution is 2.28. The average molecular weight is 454 g/mol. The molecule has 0 aromatic heterocycles. The van der Waals surface area contributed by atoms with Gasteiger partial charge in [-0.05, 0) is 61.6 Å². The summed E-state index contributed by atoms with van der Waals surface area (Å²) in [4.78, 5) is 30.1. The SMILES string of the molecule is COc1ccc(N2CCCCC2)c(CN=C(N)NC(=O)c2ccc(C[C@H](N)C(=O)O)cc2)c1. The van der Waals surface area contributed by atoms with Crippen LogP contribution in [0.25, 0.3) is 0 Å². The Morgan fingerprint density at radius 1 is 1.15 bits per heavy atom. The topological polar surface area (TPSA) is 143 Å². The summed E-state index contributed by atoms with van der Waals surface area (Å²) in [6, 6.07) is 11.5. The number of guanidine groups is 1. The van der Waals surface area contributed by atoms with Gasteiger partial charge in [-0.1, -0.05) is 12.1 Å². The van der Waals surface area contributed by atoms with Crippen LogP contribution in [-0.4, -0.2) is 49.2 Å². The summed E-state index contributed by atoms with van der Waals surface area (Å²) in [5.74, 6) is -0.705. The van der Waals surface area contributed by atoms with Gasteiger partial charge in [-0.2, -0.15) is 0 Å². The number of aliphatic carboxylic acids is 1. The second kappa shape index (κ2) is 11.3. The van der Waals surface area contributed by atoms with Crippen molar-refractivity contribution in [3.63, 3.8) is 0 Å². The Balaban J connectivity index is 1.65. The molecule has 0 unspecified atom stereocenters. The number of carboxylic acid groups (broad SMARTS) is 1. The number of anilines is 1. The number of carbonyl (C=O) groups excluding carboxylic acids is 1. The number of carbonyl (C=O) groups is 2. The molecule has 1 aliphatic rings. The van der Waals surface area contributed by atoms with E-state index in [2.05, 4.69) is 15.2 Å². The average Bonchev–Trinajstić information content (AvgIpc) is 2.83. The van der Waals surface area contributed by atoms with Crippen LogP contribution < -0.4 is 26.4 Å². The minimum atomic E-state index is -1.07. The monoisotopic (exact) mass is 453 g/mol. The van der Waals surface area contributed by atoms with Crippen LogP contribution in [0.2, 0.25) is 0 Å². The largest absolute Gasteiger partial charge is 0.497 e. The molecule has 9 nitrogen and oxygen atoms in total. The molecule has 9 heteroatoms. The lowest BCUT2D eigenvalue weighted by Crippen LogP contribution is -2.37. The number of ether oxygens (including phenoxy) is 1. The first-order valence-electron chi connectivity index (χ1n) is 11.0. The van der Waals surface area contributed by atoms with Crippen molar-refractivity contribution in [3.05, 3.63) is 59.2 Å². The number of aliphatic imine (C=N–C) groups is 1. The molecule has 1 saturated heterocycles. The standard InChI is InChI=1S/C24H31N5O4/c1-33-19-9-10-21(29-11-3-2-4-12-29)18(14-19)15-27-24(26)28-22(30)17-7-5-16(6-8-17)13-20(25)23(31)32/h5-10,14,20H,2-4,11-13,15,25H2,1H3,(H,31,32)(H3,26,27,28,30)/t20-/m0/s1. The molecule has 1 amide bonds. The Morgan fingerprint density at radius 3 is 2.48 bits per heavy atom. The summed E-state index contributed by atoms with van der Waals surface area (Å²) in [6.45, 7) is 2.31. The number of nitrogens with one attached hydrogen (secondary N) is 1. The molecule has 176 valence electrons. The second-order valence-corrected chi connectivity index (χ2v) is 8.04. The predicted molar refractivity (Wildman–Crippen MR) is 128 cm³/mol. The van der Waals surface area contributed by atoms with Crippen molar-refractivity contribution in [2.75, 3.05) is 25.1 Å². The summed E-state index contributed by atoms with van der Waals surface area (Å²) in [7, 11) is 1.62. The zero-order valence-electron chi connectivity index (χ0n) is 18.8. The van der Waals surface area contributed by atoms with Gasteiger partial charge in [-0.3, -0.25) is 14.9 Å². The van der Waals surface area contributed by atoms with E-state index in [9.17, 15) is 9.59 Å². The maximum Gasteiger partial charge on any atom is 0.320 e. The highest BCUT2D eigenvalue weighted by atomic mass is 16.5. The molecule has 0 saturated carbocycles. The van der Waals surface area contributed by atoms with Gasteiger partial charge in [0.2, 0.25) is 0 Å². The first-order chi connectivity index (χ1) is 15.9. The zero-order chi connectivity index (χ0) is 23.8. The molecule has 1 heterocycles. The lowest BCUT2D eigenvalue weighted by molar-refractivity contribution is -0.138. The van der Waals surface area contributed by atoms with Crippen molar-refractivity contribution < 1.29 is 19.4 Å². The van der Waals surface area contributed by atoms with E-state index in [1.54, 1.807) is 31.4 Å². The van der Waals surface area contributed by atoms with E-state index in [-0.39, 0.29) is 12.4 Å². The van der Waals surface area contributed by atoms with Crippen molar-refractivity contribution in [1.82, 2.24) is 5.32 Å². The van der Waals surface area contributed by atoms with Gasteiger partial charge >= 0.3 is 5.97 Å². The van der Waals surface area contributed by atoms with Gasteiger partial charge in [0.25, 0.3) is 5.91 Å². The van der Waals surface area contributed by atoms with Crippen molar-refractivity contribution in [2.45, 2.75) is 38.3 Å². The number of nitrogens with two attached hydrogens (primary N) is 2. The van der Waals surface area contributed by atoms with Crippen molar-refractivity contribution in [2.24, 2.45) is 16.5 Å². The summed E-state index contributed by atoms with van der Waals surface area (Å²) in [6.07, 6.45) is 3.75. The van der Waals surface area contributed by atoms with Crippen LogP contribution in [0.1, 0.15) is 40.7 Å². The van der Waals surface area contributed by atoms with Crippen LogP contribution in [0.3, 0.4) is 0 Å². The Labute approximate surface area is 193 Å². The molecule has 0 aliphatic carbocycles. The molecule has 33 heavy (non-hydrogen) atoms. The molecule has 0 bridgehead atoms. The van der Waals surface area contributed by atoms with Crippen LogP contribution in [0.5, 0.6) is 5.75 Å². The van der Waals surface area contributed by atoms with Crippen LogP contribution >= 0.6 is 0 Å². The van der Waals surface area contributed by atoms with Gasteiger partial charge in [0.05, 0.1) is 13.7 Å². The van der Waals surface area contributed by atoms with Gasteiger partial charge < -0.3 is 26.2 Å². The Hall–Kier alpha value is -3.59. The van der Waals surface area contributed by atoms with E-state index in [4.69, 9.17) is 21.3 Å². The van der Waals surface area contributed by atoms with Crippen molar-refractivity contribution >= 4 is 23.5 Å². The Bertz CT molecular complexity index is 1000. The molecule has 1 aliphatic heterocycles. The second-order valence-electron chi connectivity index (χ2n) is 8.04. The summed E-state index contributed by atoms with van der Waals surface area (Å²) < 4.78 is 5.36. The van der Waals surface area contributed by atoms with E-state index >= 15 is 0 Å². The fraction of sp³-hybridized carbons (Fsp3) is 0.375. The minimum Gasteiger partial charge on any atom is -0.497 e. The van der Waals surface area contributed by atoms with Crippen LogP contribution in [0.4, 0.5) is 5.69 Å². The van der Waals surface area contributed by atoms with Gasteiger partial charge in [-0.15, -0.1) is 0 Å². The number of carboxylic acids is 1. The van der Waals surface area contributed by atoms with E-state index in [1.807, 2.05) is 18.2 Å². The number of amides is 1. The van der Waals surface area contributed by atoms with Gasteiger partial charge in [0.1, 0.15) is 11.8 Å². The predicted octanol–water partition coefficient (Wildman–Crippen LogP) is 1.88. The van der Waals surface area contributed by atoms with Crippen LogP contribution in [0, 0.1) is 0 Å². The fourth-order valence-corrected chi connectivity index (χ4v) is 3.79. The summed E-state index contributed by atoms with van der Waals surface area (Å²) in [5, 5.41) is 11.5. The van der Waals surface area contributed by atoms with Crippen molar-refractivity contribution in [3.8, 4) is 5.75 Å². The Morgan fingerprint density at radius 2 is 1.85 bits per heavy atom. The van der Waals surface area contributed by atoms with E-state index in [1.165, 1.54) is 6.42 Å². The molecule has 0 radical (unpaired) electrons. The summed E-state index contributed by atoms with van der Waals surface area (Å²) >= 11 is 0. The molecule has 2 aromatic rings. The van der Waals surface area contributed by atoms with E-state index in [0.29, 0.717) is 12.1 Å². The van der Waals surface area contributed by atoms with Crippen molar-refractivity contribution in [1.29, 1.82) is 0 Å². The first-order valence-corrected chi connectivity index (χ1v) is 11.0. The lowest BCUT2D eigenvalue weighted by Gasteiger charge is -2.30. The van der Waals surface area contributed by atoms with Gasteiger partial charge in [0.15, 0.2) is 5.96 Å². The molecule has 0 spiro atoms. The third-order valence-corrected chi connectivity index (χ3v) is 5.63. The smallest absolute Gasteiger partial charge is 0.320 e. The molecular weight excluding hydrogens is 422 g/mol. The third-order valence-electron chi connectivity index (χ3n) is 5.63. The lowest BCUT2D eigenvalue weighted by atomic mass is 10.0. The minimum absolute atomic E-state index is 0.0180. The molecule has 3 rings (SSSR count). The molecule has 1 fully saturated rings.